The summed E-state index contributed by atoms with van der Waals surface area (Å²) in [7, 11) is 0. The predicted molar refractivity (Wildman–Crippen MR) is 71.1 cm³/mol. The van der Waals surface area contributed by atoms with Crippen LogP contribution in [0.5, 0.6) is 0 Å². The maximum Gasteiger partial charge on any atom is 0.00974 e. The molecule has 0 spiro atoms. The van der Waals surface area contributed by atoms with Gasteiger partial charge in [-0.15, -0.1) is 0 Å². The van der Waals surface area contributed by atoms with Crippen molar-refractivity contribution in [2.45, 2.75) is 51.4 Å². The monoisotopic (exact) mass is 230 g/mol. The molecular weight excluding hydrogens is 200 g/mol. The summed E-state index contributed by atoms with van der Waals surface area (Å²) < 4.78 is 0. The standard InChI is InChI=1S/C12H30N4/c13-9-5-1-2-6-10-15-11-7-3-4-8-12-16-14/h15-16H,1-14H2. The lowest BCUT2D eigenvalue weighted by molar-refractivity contribution is 0.549. The van der Waals surface area contributed by atoms with Gasteiger partial charge in [-0.1, -0.05) is 25.7 Å². The van der Waals surface area contributed by atoms with Crippen molar-refractivity contribution in [3.05, 3.63) is 0 Å². The quantitative estimate of drug-likeness (QED) is 0.217. The van der Waals surface area contributed by atoms with Crippen LogP contribution in [0.25, 0.3) is 0 Å². The first-order valence-electron chi connectivity index (χ1n) is 6.76. The van der Waals surface area contributed by atoms with Gasteiger partial charge in [-0.05, 0) is 45.3 Å². The number of nitrogens with two attached hydrogens (primary N) is 2. The maximum atomic E-state index is 5.43. The normalized spacial score (nSPS) is 10.9. The van der Waals surface area contributed by atoms with Crippen LogP contribution < -0.4 is 22.3 Å². The van der Waals surface area contributed by atoms with E-state index < -0.39 is 0 Å². The Morgan fingerprint density at radius 2 is 1.12 bits per heavy atom. The Morgan fingerprint density at radius 3 is 1.62 bits per heavy atom. The second-order valence-electron chi connectivity index (χ2n) is 4.32. The Bertz CT molecular complexity index is 106. The zero-order chi connectivity index (χ0) is 11.9. The molecule has 4 heteroatoms. The van der Waals surface area contributed by atoms with Crippen LogP contribution in [0.15, 0.2) is 0 Å². The van der Waals surface area contributed by atoms with Crippen molar-refractivity contribution < 1.29 is 0 Å². The summed E-state index contributed by atoms with van der Waals surface area (Å²) in [6.07, 6.45) is 10.1. The summed E-state index contributed by atoms with van der Waals surface area (Å²) in [6.45, 7) is 4.10. The third kappa shape index (κ3) is 13.8. The number of rotatable bonds is 13. The van der Waals surface area contributed by atoms with Crippen molar-refractivity contribution in [1.29, 1.82) is 0 Å². The van der Waals surface area contributed by atoms with E-state index in [2.05, 4.69) is 10.7 Å². The van der Waals surface area contributed by atoms with Crippen LogP contribution in [0.1, 0.15) is 51.4 Å². The van der Waals surface area contributed by atoms with Crippen molar-refractivity contribution in [3.63, 3.8) is 0 Å². The third-order valence-corrected chi connectivity index (χ3v) is 2.73. The van der Waals surface area contributed by atoms with Gasteiger partial charge in [0.1, 0.15) is 0 Å². The average molecular weight is 230 g/mol. The van der Waals surface area contributed by atoms with E-state index in [1.54, 1.807) is 0 Å². The Balaban J connectivity index is 2.83. The molecule has 0 heterocycles. The first-order chi connectivity index (χ1) is 7.91. The van der Waals surface area contributed by atoms with Gasteiger partial charge in [-0.3, -0.25) is 11.3 Å². The molecule has 16 heavy (non-hydrogen) atoms. The van der Waals surface area contributed by atoms with E-state index in [0.29, 0.717) is 0 Å². The SMILES string of the molecule is NCCCCCCNCCCCCCNN. The molecular formula is C12H30N4. The molecule has 0 atom stereocenters. The van der Waals surface area contributed by atoms with E-state index >= 15 is 0 Å². The highest BCUT2D eigenvalue weighted by Gasteiger charge is 1.91. The van der Waals surface area contributed by atoms with Crippen LogP contribution in [-0.4, -0.2) is 26.2 Å². The topological polar surface area (TPSA) is 76.1 Å². The molecule has 0 aliphatic heterocycles. The van der Waals surface area contributed by atoms with Gasteiger partial charge in [0.15, 0.2) is 0 Å². The number of hydrogen-bond donors (Lipinski definition) is 4. The largest absolute Gasteiger partial charge is 0.330 e. The second kappa shape index (κ2) is 14.8. The Labute approximate surface area is 101 Å². The molecule has 0 radical (unpaired) electrons. The smallest absolute Gasteiger partial charge is 0.00974 e. The predicted octanol–water partition coefficient (Wildman–Crippen LogP) is 1.12. The molecule has 0 aromatic carbocycles. The zero-order valence-corrected chi connectivity index (χ0v) is 10.6. The fourth-order valence-electron chi connectivity index (χ4n) is 1.70. The molecule has 6 N–H and O–H groups in total. The molecule has 0 unspecified atom stereocenters. The van der Waals surface area contributed by atoms with Gasteiger partial charge in [0.2, 0.25) is 0 Å². The average Bonchev–Trinajstić information content (AvgIpc) is 2.31. The number of unbranched alkanes of at least 4 members (excludes halogenated alkanes) is 6. The van der Waals surface area contributed by atoms with Crippen LogP contribution in [0.4, 0.5) is 0 Å². The van der Waals surface area contributed by atoms with Gasteiger partial charge in [0.25, 0.3) is 0 Å². The molecule has 0 aliphatic rings. The first kappa shape index (κ1) is 15.8. The lowest BCUT2D eigenvalue weighted by atomic mass is 10.2. The first-order valence-corrected chi connectivity index (χ1v) is 6.76. The van der Waals surface area contributed by atoms with Gasteiger partial charge < -0.3 is 11.1 Å². The minimum absolute atomic E-state index is 0.838. The van der Waals surface area contributed by atoms with Crippen LogP contribution in [0.3, 0.4) is 0 Å². The summed E-state index contributed by atoms with van der Waals surface area (Å²) in [4.78, 5) is 0. The lowest BCUT2D eigenvalue weighted by Gasteiger charge is -2.04. The van der Waals surface area contributed by atoms with Crippen molar-refractivity contribution in [2.24, 2.45) is 11.6 Å². The fraction of sp³-hybridized carbons (Fsp3) is 1.00. The Kier molecular flexibility index (Phi) is 14.7. The minimum atomic E-state index is 0.838. The van der Waals surface area contributed by atoms with Gasteiger partial charge in [-0.25, -0.2) is 0 Å². The van der Waals surface area contributed by atoms with E-state index in [-0.39, 0.29) is 0 Å². The van der Waals surface area contributed by atoms with E-state index in [0.717, 1.165) is 26.2 Å². The lowest BCUT2D eigenvalue weighted by Crippen LogP contribution is -2.22. The number of hydrogen-bond acceptors (Lipinski definition) is 4. The Morgan fingerprint density at radius 1 is 0.625 bits per heavy atom. The summed E-state index contributed by atoms with van der Waals surface area (Å²) in [5, 5.41) is 3.48. The van der Waals surface area contributed by atoms with Crippen molar-refractivity contribution in [1.82, 2.24) is 10.7 Å². The summed E-state index contributed by atoms with van der Waals surface area (Å²) in [6, 6.07) is 0. The highest BCUT2D eigenvalue weighted by molar-refractivity contribution is 4.51. The summed E-state index contributed by atoms with van der Waals surface area (Å²) in [5.74, 6) is 5.19. The van der Waals surface area contributed by atoms with Crippen LogP contribution in [0.2, 0.25) is 0 Å². The van der Waals surface area contributed by atoms with Crippen LogP contribution in [0, 0.1) is 0 Å². The molecule has 0 amide bonds. The summed E-state index contributed by atoms with van der Waals surface area (Å²) in [5.41, 5.74) is 8.11. The molecule has 0 saturated heterocycles. The van der Waals surface area contributed by atoms with Crippen molar-refractivity contribution in [2.75, 3.05) is 26.2 Å². The molecule has 0 bridgehead atoms. The van der Waals surface area contributed by atoms with Gasteiger partial charge in [0.05, 0.1) is 0 Å². The molecule has 0 saturated carbocycles. The van der Waals surface area contributed by atoms with E-state index in [1.165, 1.54) is 51.4 Å². The molecule has 4 nitrogen and oxygen atoms in total. The van der Waals surface area contributed by atoms with Gasteiger partial charge in [0, 0.05) is 6.54 Å². The van der Waals surface area contributed by atoms with Crippen LogP contribution >= 0.6 is 0 Å². The molecule has 0 aliphatic carbocycles. The second-order valence-corrected chi connectivity index (χ2v) is 4.32. The van der Waals surface area contributed by atoms with Crippen molar-refractivity contribution >= 4 is 0 Å². The summed E-state index contributed by atoms with van der Waals surface area (Å²) >= 11 is 0. The van der Waals surface area contributed by atoms with Crippen molar-refractivity contribution in [3.8, 4) is 0 Å². The molecule has 0 rings (SSSR count). The fourth-order valence-corrected chi connectivity index (χ4v) is 1.70. The molecule has 0 aromatic heterocycles. The van der Waals surface area contributed by atoms with Crippen LogP contribution in [-0.2, 0) is 0 Å². The zero-order valence-electron chi connectivity index (χ0n) is 10.6. The van der Waals surface area contributed by atoms with E-state index in [9.17, 15) is 0 Å². The van der Waals surface area contributed by atoms with E-state index in [4.69, 9.17) is 11.6 Å². The highest BCUT2D eigenvalue weighted by atomic mass is 15.2. The minimum Gasteiger partial charge on any atom is -0.330 e. The van der Waals surface area contributed by atoms with Gasteiger partial charge >= 0.3 is 0 Å². The third-order valence-electron chi connectivity index (χ3n) is 2.73. The molecule has 0 aromatic rings. The van der Waals surface area contributed by atoms with E-state index in [1.807, 2.05) is 0 Å². The molecule has 0 fully saturated rings. The molecule has 98 valence electrons. The Hall–Kier alpha value is -0.160. The number of hydrazine groups is 1. The maximum absolute atomic E-state index is 5.43. The highest BCUT2D eigenvalue weighted by Crippen LogP contribution is 1.99. The number of nitrogens with one attached hydrogen (secondary N) is 2. The van der Waals surface area contributed by atoms with Gasteiger partial charge in [-0.2, -0.15) is 0 Å².